The van der Waals surface area contributed by atoms with Crippen LogP contribution in [0.2, 0.25) is 0 Å². The van der Waals surface area contributed by atoms with Crippen molar-refractivity contribution in [3.63, 3.8) is 0 Å². The third-order valence-electron chi connectivity index (χ3n) is 1.01. The van der Waals surface area contributed by atoms with Crippen LogP contribution in [0.4, 0.5) is 0 Å². The van der Waals surface area contributed by atoms with Crippen molar-refractivity contribution in [3.05, 3.63) is 12.2 Å². The highest BCUT2D eigenvalue weighted by Gasteiger charge is 2.09. The van der Waals surface area contributed by atoms with Crippen LogP contribution in [0.5, 0.6) is 0 Å². The molecule has 0 saturated heterocycles. The molecule has 0 saturated carbocycles. The first-order valence-electron chi connectivity index (χ1n) is 3.58. The molecular formula is C7H12O5P+. The van der Waals surface area contributed by atoms with E-state index >= 15 is 0 Å². The minimum absolute atomic E-state index is 0.0644. The molecule has 0 heterocycles. The summed E-state index contributed by atoms with van der Waals surface area (Å²) in [4.78, 5) is 19.1. The van der Waals surface area contributed by atoms with Crippen molar-refractivity contribution in [2.75, 3.05) is 19.6 Å². The monoisotopic (exact) mass is 207 g/mol. The Bertz CT molecular complexity index is 213. The molecule has 0 aliphatic heterocycles. The van der Waals surface area contributed by atoms with Crippen LogP contribution in [0.3, 0.4) is 0 Å². The van der Waals surface area contributed by atoms with Crippen LogP contribution >= 0.6 is 8.03 Å². The maximum Gasteiger partial charge on any atom is 0.534 e. The second-order valence-corrected chi connectivity index (χ2v) is 3.27. The number of carbonyl (C=O) groups is 1. The van der Waals surface area contributed by atoms with Crippen molar-refractivity contribution >= 4 is 14.0 Å². The molecular weight excluding hydrogens is 195 g/mol. The molecule has 74 valence electrons. The summed E-state index contributed by atoms with van der Waals surface area (Å²) in [6.07, 6.45) is -0.236. The lowest BCUT2D eigenvalue weighted by molar-refractivity contribution is -0.140. The van der Waals surface area contributed by atoms with Crippen LogP contribution in [-0.4, -0.2) is 30.4 Å². The summed E-state index contributed by atoms with van der Waals surface area (Å²) in [6.45, 7) is 5.09. The molecule has 1 N–H and O–H groups in total. The second kappa shape index (κ2) is 6.71. The predicted molar refractivity (Wildman–Crippen MR) is 46.4 cm³/mol. The fourth-order valence-corrected chi connectivity index (χ4v) is 0.744. The standard InChI is InChI=1S/C7H11O5P/c1-6(2)7(8)12-4-3-11-5-13(9)10/h1,3-5H2,2H3/p+1. The molecule has 6 heteroatoms. The average molecular weight is 207 g/mol. The summed E-state index contributed by atoms with van der Waals surface area (Å²) in [6, 6.07) is 0. The Morgan fingerprint density at radius 3 is 2.62 bits per heavy atom. The van der Waals surface area contributed by atoms with Crippen molar-refractivity contribution < 1.29 is 23.7 Å². The zero-order chi connectivity index (χ0) is 10.3. The number of rotatable bonds is 6. The van der Waals surface area contributed by atoms with Crippen molar-refractivity contribution in [3.8, 4) is 0 Å². The average Bonchev–Trinajstić information content (AvgIpc) is 2.02. The summed E-state index contributed by atoms with van der Waals surface area (Å²) in [7, 11) is -2.28. The lowest BCUT2D eigenvalue weighted by Crippen LogP contribution is -2.10. The molecule has 0 rings (SSSR count). The van der Waals surface area contributed by atoms with E-state index in [0.29, 0.717) is 5.57 Å². The van der Waals surface area contributed by atoms with Crippen LogP contribution < -0.4 is 0 Å². The summed E-state index contributed by atoms with van der Waals surface area (Å²) < 4.78 is 19.4. The second-order valence-electron chi connectivity index (χ2n) is 2.31. The van der Waals surface area contributed by atoms with Crippen LogP contribution in [0, 0.1) is 0 Å². The van der Waals surface area contributed by atoms with Crippen molar-refractivity contribution in [2.45, 2.75) is 6.92 Å². The molecule has 1 unspecified atom stereocenters. The van der Waals surface area contributed by atoms with E-state index in [2.05, 4.69) is 16.1 Å². The van der Waals surface area contributed by atoms with E-state index in [0.717, 1.165) is 0 Å². The molecule has 0 aliphatic rings. The van der Waals surface area contributed by atoms with Crippen LogP contribution in [0.15, 0.2) is 12.2 Å². The minimum atomic E-state index is -2.28. The molecule has 0 aliphatic carbocycles. The first-order chi connectivity index (χ1) is 6.04. The molecule has 0 aromatic heterocycles. The van der Waals surface area contributed by atoms with Gasteiger partial charge in [0.2, 0.25) is 0 Å². The fourth-order valence-electron chi connectivity index (χ4n) is 0.459. The third-order valence-corrected chi connectivity index (χ3v) is 1.41. The van der Waals surface area contributed by atoms with Gasteiger partial charge in [0.05, 0.1) is 6.61 Å². The normalized spacial score (nSPS) is 10.8. The summed E-state index contributed by atoms with van der Waals surface area (Å²) in [5.74, 6) is -0.489. The summed E-state index contributed by atoms with van der Waals surface area (Å²) >= 11 is 0. The maximum atomic E-state index is 10.8. The van der Waals surface area contributed by atoms with E-state index in [4.69, 9.17) is 4.89 Å². The molecule has 0 radical (unpaired) electrons. The van der Waals surface area contributed by atoms with Crippen molar-refractivity contribution in [1.82, 2.24) is 0 Å². The highest BCUT2D eigenvalue weighted by Crippen LogP contribution is 2.11. The summed E-state index contributed by atoms with van der Waals surface area (Å²) in [5.41, 5.74) is 0.313. The van der Waals surface area contributed by atoms with Gasteiger partial charge in [-0.15, -0.1) is 0 Å². The predicted octanol–water partition coefficient (Wildman–Crippen LogP) is 0.814. The van der Waals surface area contributed by atoms with Crippen LogP contribution in [0.1, 0.15) is 6.92 Å². The molecule has 13 heavy (non-hydrogen) atoms. The molecule has 0 aromatic carbocycles. The Hall–Kier alpha value is -0.770. The Morgan fingerprint density at radius 2 is 2.15 bits per heavy atom. The van der Waals surface area contributed by atoms with E-state index in [-0.39, 0.29) is 19.6 Å². The highest BCUT2D eigenvalue weighted by molar-refractivity contribution is 7.37. The number of carbonyl (C=O) groups excluding carboxylic acids is 1. The SMILES string of the molecule is C=C(C)C(=O)OCCOC[P+](=O)O. The number of hydrogen-bond acceptors (Lipinski definition) is 4. The topological polar surface area (TPSA) is 72.8 Å². The Labute approximate surface area is 77.2 Å². The quantitative estimate of drug-likeness (QED) is 0.302. The van der Waals surface area contributed by atoms with Gasteiger partial charge in [-0.3, -0.25) is 0 Å². The molecule has 0 aromatic rings. The largest absolute Gasteiger partial charge is 0.534 e. The van der Waals surface area contributed by atoms with E-state index in [1.807, 2.05) is 0 Å². The van der Waals surface area contributed by atoms with E-state index in [1.165, 1.54) is 6.92 Å². The zero-order valence-corrected chi connectivity index (χ0v) is 8.25. The fraction of sp³-hybridized carbons (Fsp3) is 0.571. The zero-order valence-electron chi connectivity index (χ0n) is 7.36. The van der Waals surface area contributed by atoms with Gasteiger partial charge < -0.3 is 9.47 Å². The van der Waals surface area contributed by atoms with Gasteiger partial charge in [-0.25, -0.2) is 4.79 Å². The van der Waals surface area contributed by atoms with Gasteiger partial charge in [-0.05, 0) is 11.5 Å². The molecule has 0 bridgehead atoms. The Kier molecular flexibility index (Phi) is 6.32. The maximum absolute atomic E-state index is 10.8. The van der Waals surface area contributed by atoms with Gasteiger partial charge in [0.15, 0.2) is 0 Å². The van der Waals surface area contributed by atoms with Gasteiger partial charge in [-0.1, -0.05) is 6.58 Å². The first-order valence-corrected chi connectivity index (χ1v) is 4.97. The number of hydrogen-bond donors (Lipinski definition) is 1. The van der Waals surface area contributed by atoms with E-state index in [1.54, 1.807) is 0 Å². The lowest BCUT2D eigenvalue weighted by Gasteiger charge is -2.01. The molecule has 0 fully saturated rings. The van der Waals surface area contributed by atoms with Crippen molar-refractivity contribution in [1.29, 1.82) is 0 Å². The van der Waals surface area contributed by atoms with Gasteiger partial charge in [0, 0.05) is 5.57 Å². The lowest BCUT2D eigenvalue weighted by atomic mass is 10.4. The molecule has 0 spiro atoms. The minimum Gasteiger partial charge on any atom is -0.460 e. The molecule has 5 nitrogen and oxygen atoms in total. The van der Waals surface area contributed by atoms with Gasteiger partial charge >= 0.3 is 14.0 Å². The molecule has 1 atom stereocenters. The van der Waals surface area contributed by atoms with E-state index in [9.17, 15) is 9.36 Å². The Balaban J connectivity index is 3.31. The third kappa shape index (κ3) is 7.59. The van der Waals surface area contributed by atoms with Gasteiger partial charge in [0.25, 0.3) is 6.35 Å². The molecule has 0 amide bonds. The smallest absolute Gasteiger partial charge is 0.460 e. The number of ether oxygens (including phenoxy) is 2. The highest BCUT2D eigenvalue weighted by atomic mass is 31.1. The van der Waals surface area contributed by atoms with Crippen LogP contribution in [-0.2, 0) is 18.8 Å². The number of esters is 1. The van der Waals surface area contributed by atoms with Crippen LogP contribution in [0.25, 0.3) is 0 Å². The van der Waals surface area contributed by atoms with Gasteiger partial charge in [-0.2, -0.15) is 4.89 Å². The Morgan fingerprint density at radius 1 is 1.54 bits per heavy atom. The first kappa shape index (κ1) is 12.2. The van der Waals surface area contributed by atoms with E-state index < -0.39 is 14.0 Å². The van der Waals surface area contributed by atoms with Crippen molar-refractivity contribution in [2.24, 2.45) is 0 Å². The van der Waals surface area contributed by atoms with Gasteiger partial charge in [0.1, 0.15) is 6.61 Å². The summed E-state index contributed by atoms with van der Waals surface area (Å²) in [5, 5.41) is 0.